The lowest BCUT2D eigenvalue weighted by atomic mass is 10.0. The molecule has 6 N–H and O–H groups in total. The molecular formula is C35H42N8O8S4. The van der Waals surface area contributed by atoms with Crippen LogP contribution < -0.4 is 21.3 Å². The van der Waals surface area contributed by atoms with Gasteiger partial charge in [-0.25, -0.2) is 24.2 Å². The second-order valence-corrected chi connectivity index (χ2v) is 16.7. The van der Waals surface area contributed by atoms with Gasteiger partial charge in [-0.3, -0.25) is 24.4 Å². The predicted molar refractivity (Wildman–Crippen MR) is 211 cm³/mol. The van der Waals surface area contributed by atoms with Gasteiger partial charge in [0, 0.05) is 59.1 Å². The molecule has 294 valence electrons. The fraction of sp³-hybridized carbons (Fsp3) is 0.429. The van der Waals surface area contributed by atoms with E-state index in [1.165, 1.54) is 56.8 Å². The summed E-state index contributed by atoms with van der Waals surface area (Å²) in [4.78, 5) is 84.3. The Morgan fingerprint density at radius 3 is 1.73 bits per heavy atom. The van der Waals surface area contributed by atoms with Gasteiger partial charge in [-0.1, -0.05) is 19.9 Å². The molecule has 2 unspecified atom stereocenters. The van der Waals surface area contributed by atoms with Crippen molar-refractivity contribution in [3.8, 4) is 0 Å². The number of fused-ring (bicyclic) bond motifs is 2. The lowest BCUT2D eigenvalue weighted by Gasteiger charge is -2.49. The molecule has 0 bridgehead atoms. The molecule has 0 aliphatic carbocycles. The number of nitrogens with one attached hydrogen (secondary N) is 4. The van der Waals surface area contributed by atoms with Crippen molar-refractivity contribution in [2.24, 2.45) is 0 Å². The molecule has 6 rings (SSSR count). The van der Waals surface area contributed by atoms with Gasteiger partial charge in [0.15, 0.2) is 0 Å². The van der Waals surface area contributed by atoms with Crippen molar-refractivity contribution in [2.45, 2.75) is 66.4 Å². The number of thioether (sulfide) groups is 4. The van der Waals surface area contributed by atoms with Crippen molar-refractivity contribution in [3.63, 3.8) is 0 Å². The minimum absolute atomic E-state index is 0.0286. The van der Waals surface area contributed by atoms with Crippen molar-refractivity contribution in [1.29, 1.82) is 0 Å². The van der Waals surface area contributed by atoms with E-state index >= 15 is 0 Å². The fourth-order valence-electron chi connectivity index (χ4n) is 5.81. The zero-order chi connectivity index (χ0) is 39.6. The number of carboxylic acid groups (broad SMARTS) is 2. The van der Waals surface area contributed by atoms with E-state index in [-0.39, 0.29) is 22.7 Å². The Labute approximate surface area is 334 Å². The van der Waals surface area contributed by atoms with Gasteiger partial charge in [-0.05, 0) is 55.2 Å². The van der Waals surface area contributed by atoms with E-state index < -0.39 is 47.4 Å². The van der Waals surface area contributed by atoms with Crippen LogP contribution >= 0.6 is 47.0 Å². The number of carbonyl (C=O) groups excluding carboxylic acids is 4. The van der Waals surface area contributed by atoms with Crippen molar-refractivity contribution in [1.82, 2.24) is 41.0 Å². The Kier molecular flexibility index (Phi) is 14.8. The molecule has 2 aromatic rings. The van der Waals surface area contributed by atoms with Gasteiger partial charge in [0.25, 0.3) is 11.8 Å². The topological polar surface area (TPSA) is 223 Å². The summed E-state index contributed by atoms with van der Waals surface area (Å²) in [5.74, 6) is -1.11. The molecule has 2 fully saturated rings. The smallest absolute Gasteiger partial charge is 0.352 e. The Morgan fingerprint density at radius 1 is 0.782 bits per heavy atom. The number of nitrogens with zero attached hydrogens (tertiary/aromatic N) is 4. The summed E-state index contributed by atoms with van der Waals surface area (Å²) in [7, 11) is 0. The standard InChI is InChI=1S/C18H22N4O4S2.C17H20N4O4S2/c1-3-7-19-18(26)21-13-15(23)22-14(17(24)25)11(9-28-16(13)22)8-27-12-6-4-5-10(2)20-12;1-2-5-19-17(25)20-12-14(22)21-13(16(23)24)10(9-27-15(12)21)8-26-11-3-6-18-7-4-11/h4-6,13,16H,3,7-9H2,1-2H3,(H,24,25)(H2,19,21,26);3-4,6-7,12,15H,2,5,8-9H2,1H3,(H,23,24)(H2,19,20,25)/t13?,16-;12?,15-/m00/s1. The molecule has 2 saturated heterocycles. The minimum atomic E-state index is -1.12. The number of rotatable bonds is 14. The molecule has 6 amide bonds. The summed E-state index contributed by atoms with van der Waals surface area (Å²) < 4.78 is 0. The maximum atomic E-state index is 12.5. The van der Waals surface area contributed by atoms with Gasteiger partial charge in [-0.2, -0.15) is 0 Å². The van der Waals surface area contributed by atoms with Crippen LogP contribution in [0, 0.1) is 6.92 Å². The fourth-order valence-corrected chi connectivity index (χ4v) is 10.6. The molecule has 4 atom stereocenters. The first-order chi connectivity index (χ1) is 26.4. The first kappa shape index (κ1) is 41.8. The zero-order valence-corrected chi connectivity index (χ0v) is 33.5. The van der Waals surface area contributed by atoms with Gasteiger partial charge in [0.05, 0.1) is 5.03 Å². The molecular weight excluding hydrogens is 789 g/mol. The van der Waals surface area contributed by atoms with Crippen molar-refractivity contribution in [2.75, 3.05) is 36.1 Å². The Hall–Kier alpha value is -4.40. The monoisotopic (exact) mass is 830 g/mol. The number of aliphatic carboxylic acids is 2. The summed E-state index contributed by atoms with van der Waals surface area (Å²) in [6.45, 7) is 6.80. The van der Waals surface area contributed by atoms with Crippen molar-refractivity contribution in [3.05, 3.63) is 71.0 Å². The summed E-state index contributed by atoms with van der Waals surface area (Å²) in [5.41, 5.74) is 2.35. The van der Waals surface area contributed by atoms with Crippen LogP contribution in [0.3, 0.4) is 0 Å². The number of pyridine rings is 2. The van der Waals surface area contributed by atoms with E-state index in [9.17, 15) is 39.0 Å². The summed E-state index contributed by atoms with van der Waals surface area (Å²) in [5, 5.41) is 30.0. The lowest BCUT2D eigenvalue weighted by molar-refractivity contribution is -0.148. The highest BCUT2D eigenvalue weighted by atomic mass is 32.2. The molecule has 4 aliphatic rings. The first-order valence-corrected chi connectivity index (χ1v) is 21.5. The molecule has 0 aromatic carbocycles. The molecule has 6 heterocycles. The van der Waals surface area contributed by atoms with Gasteiger partial charge in [0.1, 0.15) is 34.2 Å². The highest BCUT2D eigenvalue weighted by molar-refractivity contribution is 8.01. The van der Waals surface area contributed by atoms with Gasteiger partial charge in [0.2, 0.25) is 0 Å². The molecule has 16 nitrogen and oxygen atoms in total. The third-order valence-corrected chi connectivity index (χ3v) is 13.3. The van der Waals surface area contributed by atoms with Gasteiger partial charge < -0.3 is 31.5 Å². The highest BCUT2D eigenvalue weighted by Gasteiger charge is 2.55. The largest absolute Gasteiger partial charge is 0.477 e. The average molecular weight is 831 g/mol. The lowest BCUT2D eigenvalue weighted by Crippen LogP contribution is -2.71. The molecule has 0 spiro atoms. The number of β-lactam (4-membered cyclic amide) rings is 2. The van der Waals surface area contributed by atoms with Crippen LogP contribution in [0.4, 0.5) is 9.59 Å². The van der Waals surface area contributed by atoms with Gasteiger partial charge >= 0.3 is 24.0 Å². The summed E-state index contributed by atoms with van der Waals surface area (Å²) >= 11 is 5.89. The molecule has 55 heavy (non-hydrogen) atoms. The maximum absolute atomic E-state index is 12.5. The van der Waals surface area contributed by atoms with Crippen LogP contribution in [0.15, 0.2) is 75.2 Å². The first-order valence-electron chi connectivity index (χ1n) is 17.4. The van der Waals surface area contributed by atoms with Crippen LogP contribution in [0.1, 0.15) is 32.4 Å². The number of aromatic nitrogens is 2. The Morgan fingerprint density at radius 2 is 1.27 bits per heavy atom. The summed E-state index contributed by atoms with van der Waals surface area (Å²) in [6.07, 6.45) is 4.94. The number of amides is 6. The van der Waals surface area contributed by atoms with E-state index in [0.29, 0.717) is 47.2 Å². The number of hydrogen-bond acceptors (Lipinski definition) is 12. The third-order valence-electron chi connectivity index (χ3n) is 8.46. The SMILES string of the molecule is CCCNC(=O)NC1C(=O)N2C(C(=O)O)=C(CSc3cccc(C)n3)CS[C@@H]12.CCCNC(=O)NC1C(=O)N2C(C(=O)O)=C(CSc3ccncc3)CS[C@@H]12. The number of carbonyl (C=O) groups is 6. The van der Waals surface area contributed by atoms with Crippen LogP contribution in [-0.2, 0) is 19.2 Å². The Bertz CT molecular complexity index is 1870. The zero-order valence-electron chi connectivity index (χ0n) is 30.3. The molecule has 4 aliphatic heterocycles. The van der Waals surface area contributed by atoms with Crippen LogP contribution in [-0.4, -0.2) is 125 Å². The maximum Gasteiger partial charge on any atom is 0.352 e. The van der Waals surface area contributed by atoms with Crippen LogP contribution in [0.25, 0.3) is 0 Å². The van der Waals surface area contributed by atoms with E-state index in [0.717, 1.165) is 28.5 Å². The molecule has 0 saturated carbocycles. The Balaban J connectivity index is 0.000000211. The number of carboxylic acids is 2. The number of hydrogen-bond donors (Lipinski definition) is 6. The number of aryl methyl sites for hydroxylation is 1. The second-order valence-electron chi connectivity index (χ2n) is 12.5. The number of urea groups is 2. The molecule has 0 radical (unpaired) electrons. The normalized spacial score (nSPS) is 21.2. The van der Waals surface area contributed by atoms with Gasteiger partial charge in [-0.15, -0.1) is 47.0 Å². The van der Waals surface area contributed by atoms with Crippen molar-refractivity contribution >= 4 is 82.9 Å². The minimum Gasteiger partial charge on any atom is -0.477 e. The van der Waals surface area contributed by atoms with E-state index in [2.05, 4.69) is 31.2 Å². The van der Waals surface area contributed by atoms with E-state index in [1.54, 1.807) is 12.4 Å². The van der Waals surface area contributed by atoms with E-state index in [1.807, 2.05) is 51.1 Å². The third kappa shape index (κ3) is 10.1. The molecule has 20 heteroatoms. The predicted octanol–water partition coefficient (Wildman–Crippen LogP) is 3.32. The summed E-state index contributed by atoms with van der Waals surface area (Å²) in [6, 6.07) is 7.17. The quantitative estimate of drug-likeness (QED) is 0.119. The van der Waals surface area contributed by atoms with Crippen LogP contribution in [0.2, 0.25) is 0 Å². The van der Waals surface area contributed by atoms with Crippen molar-refractivity contribution < 1.29 is 39.0 Å². The highest BCUT2D eigenvalue weighted by Crippen LogP contribution is 2.43. The second kappa shape index (κ2) is 19.5. The van der Waals surface area contributed by atoms with E-state index in [4.69, 9.17) is 0 Å². The average Bonchev–Trinajstić information content (AvgIpc) is 3.18. The van der Waals surface area contributed by atoms with Crippen LogP contribution in [0.5, 0.6) is 0 Å². The molecule has 2 aromatic heterocycles.